The largest absolute Gasteiger partial charge is 0.480 e. The molecule has 0 atom stereocenters. The molecule has 92 valence electrons. The van der Waals surface area contributed by atoms with E-state index in [-0.39, 0.29) is 12.5 Å². The zero-order valence-electron chi connectivity index (χ0n) is 9.52. The number of amides is 1. The van der Waals surface area contributed by atoms with Crippen LogP contribution in [0, 0.1) is 0 Å². The van der Waals surface area contributed by atoms with Gasteiger partial charge in [0.1, 0.15) is 0 Å². The first kappa shape index (κ1) is 12.9. The lowest BCUT2D eigenvalue weighted by Gasteiger charge is -2.33. The van der Waals surface area contributed by atoms with Crippen molar-refractivity contribution in [2.75, 3.05) is 46.4 Å². The molecule has 1 rings (SSSR count). The Hall–Kier alpha value is -1.14. The monoisotopic (exact) mass is 230 g/mol. The molecule has 1 aliphatic heterocycles. The molecular formula is C10H18N2O4. The van der Waals surface area contributed by atoms with Crippen LogP contribution in [-0.2, 0) is 14.3 Å². The minimum atomic E-state index is -0.820. The van der Waals surface area contributed by atoms with E-state index in [0.29, 0.717) is 39.2 Å². The summed E-state index contributed by atoms with van der Waals surface area (Å²) in [7, 11) is 1.57. The maximum Gasteiger partial charge on any atom is 0.317 e. The second kappa shape index (κ2) is 6.44. The molecule has 1 fully saturated rings. The Labute approximate surface area is 94.8 Å². The number of aliphatic carboxylic acids is 1. The van der Waals surface area contributed by atoms with E-state index in [1.807, 2.05) is 4.90 Å². The molecule has 1 N–H and O–H groups in total. The summed E-state index contributed by atoms with van der Waals surface area (Å²) in [6.07, 6.45) is 0.398. The number of piperazine rings is 1. The number of hydrogen-bond acceptors (Lipinski definition) is 4. The van der Waals surface area contributed by atoms with Crippen molar-refractivity contribution in [3.05, 3.63) is 0 Å². The van der Waals surface area contributed by atoms with Crippen LogP contribution in [0.1, 0.15) is 6.42 Å². The van der Waals surface area contributed by atoms with Crippen LogP contribution in [0.25, 0.3) is 0 Å². The maximum absolute atomic E-state index is 11.6. The summed E-state index contributed by atoms with van der Waals surface area (Å²) in [4.78, 5) is 25.7. The number of carbonyl (C=O) groups is 2. The first-order valence-corrected chi connectivity index (χ1v) is 5.34. The lowest BCUT2D eigenvalue weighted by atomic mass is 10.3. The zero-order valence-corrected chi connectivity index (χ0v) is 9.52. The van der Waals surface area contributed by atoms with Crippen LogP contribution in [0.15, 0.2) is 0 Å². The Morgan fingerprint density at radius 3 is 2.38 bits per heavy atom. The first-order valence-electron chi connectivity index (χ1n) is 5.34. The molecule has 0 bridgehead atoms. The lowest BCUT2D eigenvalue weighted by molar-refractivity contribution is -0.139. The van der Waals surface area contributed by atoms with Gasteiger partial charge in [0.2, 0.25) is 5.91 Å². The second-order valence-corrected chi connectivity index (χ2v) is 3.79. The summed E-state index contributed by atoms with van der Waals surface area (Å²) in [5.74, 6) is -0.740. The van der Waals surface area contributed by atoms with Crippen LogP contribution < -0.4 is 0 Å². The summed E-state index contributed by atoms with van der Waals surface area (Å²) in [6.45, 7) is 2.97. The molecule has 6 nitrogen and oxygen atoms in total. The van der Waals surface area contributed by atoms with Crippen molar-refractivity contribution in [1.82, 2.24) is 9.80 Å². The lowest BCUT2D eigenvalue weighted by Crippen LogP contribution is -2.50. The number of carboxylic acids is 1. The van der Waals surface area contributed by atoms with Crippen molar-refractivity contribution in [3.63, 3.8) is 0 Å². The topological polar surface area (TPSA) is 70.1 Å². The van der Waals surface area contributed by atoms with Gasteiger partial charge >= 0.3 is 5.97 Å². The van der Waals surface area contributed by atoms with E-state index in [1.165, 1.54) is 0 Å². The summed E-state index contributed by atoms with van der Waals surface area (Å²) in [5, 5.41) is 8.62. The first-order chi connectivity index (χ1) is 7.63. The van der Waals surface area contributed by atoms with Crippen molar-refractivity contribution >= 4 is 11.9 Å². The fourth-order valence-corrected chi connectivity index (χ4v) is 1.69. The number of hydrogen-bond donors (Lipinski definition) is 1. The van der Waals surface area contributed by atoms with Crippen molar-refractivity contribution < 1.29 is 19.4 Å². The standard InChI is InChI=1S/C10H18N2O4/c1-16-7-2-9(13)12-5-3-11(4-6-12)8-10(14)15/h2-8H2,1H3,(H,14,15). The van der Waals surface area contributed by atoms with Gasteiger partial charge in [0.15, 0.2) is 0 Å². The summed E-state index contributed by atoms with van der Waals surface area (Å²) >= 11 is 0. The normalized spacial score (nSPS) is 17.4. The molecule has 0 aromatic carbocycles. The van der Waals surface area contributed by atoms with Gasteiger partial charge < -0.3 is 14.7 Å². The van der Waals surface area contributed by atoms with Crippen LogP contribution >= 0.6 is 0 Å². The van der Waals surface area contributed by atoms with E-state index in [4.69, 9.17) is 9.84 Å². The number of nitrogens with zero attached hydrogens (tertiary/aromatic N) is 2. The fourth-order valence-electron chi connectivity index (χ4n) is 1.69. The van der Waals surface area contributed by atoms with Crippen molar-refractivity contribution in [2.45, 2.75) is 6.42 Å². The Bertz CT molecular complexity index is 249. The van der Waals surface area contributed by atoms with Crippen LogP contribution in [0.4, 0.5) is 0 Å². The van der Waals surface area contributed by atoms with Gasteiger partial charge in [-0.2, -0.15) is 0 Å². The van der Waals surface area contributed by atoms with E-state index in [1.54, 1.807) is 12.0 Å². The highest BCUT2D eigenvalue weighted by Gasteiger charge is 2.21. The van der Waals surface area contributed by atoms with Crippen molar-refractivity contribution in [3.8, 4) is 0 Å². The maximum atomic E-state index is 11.6. The summed E-state index contributed by atoms with van der Waals surface area (Å²) < 4.78 is 4.84. The third-order valence-corrected chi connectivity index (χ3v) is 2.60. The smallest absolute Gasteiger partial charge is 0.317 e. The van der Waals surface area contributed by atoms with E-state index in [0.717, 1.165) is 0 Å². The molecule has 0 aliphatic carbocycles. The molecule has 1 heterocycles. The Morgan fingerprint density at radius 2 is 1.88 bits per heavy atom. The number of carboxylic acid groups (broad SMARTS) is 1. The van der Waals surface area contributed by atoms with Gasteiger partial charge in [-0.25, -0.2) is 0 Å². The average molecular weight is 230 g/mol. The molecule has 0 spiro atoms. The van der Waals surface area contributed by atoms with Gasteiger partial charge in [0.05, 0.1) is 19.6 Å². The van der Waals surface area contributed by atoms with Gasteiger partial charge in [-0.15, -0.1) is 0 Å². The minimum absolute atomic E-state index is 0.0557. The van der Waals surface area contributed by atoms with Crippen LogP contribution in [0.2, 0.25) is 0 Å². The molecule has 0 unspecified atom stereocenters. The van der Waals surface area contributed by atoms with Crippen LogP contribution in [0.5, 0.6) is 0 Å². The highest BCUT2D eigenvalue weighted by molar-refractivity contribution is 5.76. The molecule has 1 amide bonds. The highest BCUT2D eigenvalue weighted by Crippen LogP contribution is 2.03. The minimum Gasteiger partial charge on any atom is -0.480 e. The van der Waals surface area contributed by atoms with E-state index >= 15 is 0 Å². The molecular weight excluding hydrogens is 212 g/mol. The molecule has 16 heavy (non-hydrogen) atoms. The van der Waals surface area contributed by atoms with Crippen molar-refractivity contribution in [1.29, 1.82) is 0 Å². The van der Waals surface area contributed by atoms with Crippen LogP contribution in [0.3, 0.4) is 0 Å². The molecule has 0 aromatic heterocycles. The average Bonchev–Trinajstić information content (AvgIpc) is 2.26. The summed E-state index contributed by atoms with van der Waals surface area (Å²) in [6, 6.07) is 0. The Balaban J connectivity index is 2.25. The Kier molecular flexibility index (Phi) is 5.21. The summed E-state index contributed by atoms with van der Waals surface area (Å²) in [5.41, 5.74) is 0. The van der Waals surface area contributed by atoms with Gasteiger partial charge in [0, 0.05) is 33.3 Å². The van der Waals surface area contributed by atoms with E-state index in [9.17, 15) is 9.59 Å². The number of ether oxygens (including phenoxy) is 1. The molecule has 0 saturated carbocycles. The van der Waals surface area contributed by atoms with Crippen molar-refractivity contribution in [2.24, 2.45) is 0 Å². The number of rotatable bonds is 5. The molecule has 6 heteroatoms. The van der Waals surface area contributed by atoms with Gasteiger partial charge in [-0.3, -0.25) is 14.5 Å². The van der Waals surface area contributed by atoms with E-state index in [2.05, 4.69) is 0 Å². The number of methoxy groups -OCH3 is 1. The third-order valence-electron chi connectivity index (χ3n) is 2.60. The van der Waals surface area contributed by atoms with Gasteiger partial charge in [-0.05, 0) is 0 Å². The van der Waals surface area contributed by atoms with Crippen LogP contribution in [-0.4, -0.2) is 73.2 Å². The van der Waals surface area contributed by atoms with E-state index < -0.39 is 5.97 Å². The highest BCUT2D eigenvalue weighted by atomic mass is 16.5. The molecule has 1 saturated heterocycles. The molecule has 1 aliphatic rings. The van der Waals surface area contributed by atoms with Gasteiger partial charge in [-0.1, -0.05) is 0 Å². The predicted octanol–water partition coefficient (Wildman–Crippen LogP) is -0.748. The quantitative estimate of drug-likeness (QED) is 0.673. The van der Waals surface area contributed by atoms with Gasteiger partial charge in [0.25, 0.3) is 0 Å². The predicted molar refractivity (Wildman–Crippen MR) is 57.1 cm³/mol. The number of carbonyl (C=O) groups excluding carboxylic acids is 1. The molecule has 0 radical (unpaired) electrons. The SMILES string of the molecule is COCCC(=O)N1CCN(CC(=O)O)CC1. The Morgan fingerprint density at radius 1 is 1.25 bits per heavy atom. The zero-order chi connectivity index (χ0) is 12.0. The molecule has 0 aromatic rings. The third kappa shape index (κ3) is 4.16. The fraction of sp³-hybridized carbons (Fsp3) is 0.800. The second-order valence-electron chi connectivity index (χ2n) is 3.79.